The topological polar surface area (TPSA) is 33.1 Å². The van der Waals surface area contributed by atoms with Crippen LogP contribution in [-0.2, 0) is 0 Å². The van der Waals surface area contributed by atoms with E-state index >= 15 is 0 Å². The second kappa shape index (κ2) is 3.72. The molecule has 0 saturated carbocycles. The molecule has 4 aromatic rings. The number of para-hydroxylation sites is 1. The number of nitrogens with one attached hydrogen (secondary N) is 1. The molecular weight excluding hydrogens is 234 g/mol. The number of imidazole rings is 1. The fourth-order valence-corrected chi connectivity index (χ4v) is 2.57. The maximum atomic E-state index is 4.75. The van der Waals surface area contributed by atoms with E-state index in [9.17, 15) is 0 Å². The predicted molar refractivity (Wildman–Crippen MR) is 77.2 cm³/mol. The van der Waals surface area contributed by atoms with Gasteiger partial charge >= 0.3 is 0 Å². The number of fused-ring (bicyclic) bond motifs is 2. The number of pyridine rings is 1. The Balaban J connectivity index is 2.02. The van der Waals surface area contributed by atoms with Gasteiger partial charge in [0.1, 0.15) is 5.65 Å². The molecule has 1 aromatic carbocycles. The molecule has 0 bridgehead atoms. The number of hydrogen-bond donors (Lipinski definition) is 1. The van der Waals surface area contributed by atoms with E-state index in [0.717, 1.165) is 22.4 Å². The van der Waals surface area contributed by atoms with Crippen LogP contribution in [0, 0.1) is 6.92 Å². The van der Waals surface area contributed by atoms with E-state index in [4.69, 9.17) is 4.98 Å². The van der Waals surface area contributed by atoms with Crippen molar-refractivity contribution in [3.8, 4) is 11.3 Å². The summed E-state index contributed by atoms with van der Waals surface area (Å²) in [4.78, 5) is 8.04. The first-order valence-corrected chi connectivity index (χ1v) is 6.34. The van der Waals surface area contributed by atoms with Gasteiger partial charge in [-0.1, -0.05) is 24.3 Å². The number of benzene rings is 1. The van der Waals surface area contributed by atoms with Gasteiger partial charge in [0.25, 0.3) is 0 Å². The fraction of sp³-hybridized carbons (Fsp3) is 0.0625. The van der Waals surface area contributed by atoms with Gasteiger partial charge in [-0.15, -0.1) is 0 Å². The summed E-state index contributed by atoms with van der Waals surface area (Å²) in [7, 11) is 0. The quantitative estimate of drug-likeness (QED) is 0.545. The van der Waals surface area contributed by atoms with Crippen LogP contribution in [0.15, 0.2) is 55.0 Å². The standard InChI is InChI=1S/C16H13N3/c1-11-5-4-8-19-10-15(18-16(11)19)13-9-17-14-7-3-2-6-12(13)14/h2-10,17H,1H3. The molecule has 0 fully saturated rings. The number of aromatic amines is 1. The third-order valence-corrected chi connectivity index (χ3v) is 3.54. The highest BCUT2D eigenvalue weighted by atomic mass is 15.0. The van der Waals surface area contributed by atoms with Crippen LogP contribution in [0.4, 0.5) is 0 Å². The van der Waals surface area contributed by atoms with Crippen molar-refractivity contribution in [1.29, 1.82) is 0 Å². The van der Waals surface area contributed by atoms with E-state index in [1.807, 2.05) is 24.5 Å². The van der Waals surface area contributed by atoms with Crippen molar-refractivity contribution in [2.45, 2.75) is 6.92 Å². The molecule has 0 spiro atoms. The number of nitrogens with zero attached hydrogens (tertiary/aromatic N) is 2. The van der Waals surface area contributed by atoms with Crippen LogP contribution in [0.2, 0.25) is 0 Å². The summed E-state index contributed by atoms with van der Waals surface area (Å²) in [6.07, 6.45) is 6.15. The maximum absolute atomic E-state index is 4.75. The fourth-order valence-electron chi connectivity index (χ4n) is 2.57. The summed E-state index contributed by atoms with van der Waals surface area (Å²) in [6.45, 7) is 2.08. The van der Waals surface area contributed by atoms with Gasteiger partial charge in [-0.3, -0.25) is 0 Å². The second-order valence-electron chi connectivity index (χ2n) is 4.80. The van der Waals surface area contributed by atoms with Crippen molar-refractivity contribution in [3.63, 3.8) is 0 Å². The lowest BCUT2D eigenvalue weighted by molar-refractivity contribution is 1.16. The van der Waals surface area contributed by atoms with Crippen LogP contribution in [-0.4, -0.2) is 14.4 Å². The molecule has 0 radical (unpaired) electrons. The van der Waals surface area contributed by atoms with E-state index in [-0.39, 0.29) is 0 Å². The van der Waals surface area contributed by atoms with Crippen molar-refractivity contribution in [1.82, 2.24) is 14.4 Å². The molecular formula is C16H13N3. The summed E-state index contributed by atoms with van der Waals surface area (Å²) in [5.41, 5.74) is 5.51. The lowest BCUT2D eigenvalue weighted by Crippen LogP contribution is -1.83. The van der Waals surface area contributed by atoms with Crippen molar-refractivity contribution in [2.75, 3.05) is 0 Å². The van der Waals surface area contributed by atoms with Gasteiger partial charge in [-0.05, 0) is 24.6 Å². The monoisotopic (exact) mass is 247 g/mol. The molecule has 3 heteroatoms. The van der Waals surface area contributed by atoms with E-state index < -0.39 is 0 Å². The summed E-state index contributed by atoms with van der Waals surface area (Å²) >= 11 is 0. The van der Waals surface area contributed by atoms with Crippen molar-refractivity contribution in [3.05, 3.63) is 60.6 Å². The average molecular weight is 247 g/mol. The largest absolute Gasteiger partial charge is 0.360 e. The SMILES string of the molecule is Cc1cccn2cc(-c3c[nH]c4ccccc34)nc12. The van der Waals surface area contributed by atoms with E-state index in [2.05, 4.69) is 46.8 Å². The molecule has 19 heavy (non-hydrogen) atoms. The van der Waals surface area contributed by atoms with Gasteiger partial charge in [0.15, 0.2) is 0 Å². The highest BCUT2D eigenvalue weighted by Gasteiger charge is 2.10. The lowest BCUT2D eigenvalue weighted by Gasteiger charge is -1.94. The zero-order chi connectivity index (χ0) is 12.8. The van der Waals surface area contributed by atoms with Crippen LogP contribution >= 0.6 is 0 Å². The van der Waals surface area contributed by atoms with E-state index in [1.165, 1.54) is 10.9 Å². The number of aryl methyl sites for hydroxylation is 1. The van der Waals surface area contributed by atoms with Crippen LogP contribution in [0.3, 0.4) is 0 Å². The highest BCUT2D eigenvalue weighted by Crippen LogP contribution is 2.28. The number of H-pyrrole nitrogens is 1. The number of hydrogen-bond acceptors (Lipinski definition) is 1. The Morgan fingerprint density at radius 2 is 2.00 bits per heavy atom. The summed E-state index contributed by atoms with van der Waals surface area (Å²) in [5, 5.41) is 1.21. The van der Waals surface area contributed by atoms with Gasteiger partial charge in [-0.25, -0.2) is 4.98 Å². The Hall–Kier alpha value is -2.55. The molecule has 1 N–H and O–H groups in total. The van der Waals surface area contributed by atoms with Gasteiger partial charge in [0, 0.05) is 35.1 Å². The third-order valence-electron chi connectivity index (χ3n) is 3.54. The molecule has 0 atom stereocenters. The van der Waals surface area contributed by atoms with Crippen LogP contribution < -0.4 is 0 Å². The Kier molecular flexibility index (Phi) is 2.03. The smallest absolute Gasteiger partial charge is 0.140 e. The van der Waals surface area contributed by atoms with Crippen LogP contribution in [0.5, 0.6) is 0 Å². The summed E-state index contributed by atoms with van der Waals surface area (Å²) < 4.78 is 2.08. The van der Waals surface area contributed by atoms with Crippen molar-refractivity contribution < 1.29 is 0 Å². The van der Waals surface area contributed by atoms with Gasteiger partial charge in [0.05, 0.1) is 5.69 Å². The Morgan fingerprint density at radius 1 is 1.11 bits per heavy atom. The molecule has 0 saturated heterocycles. The first kappa shape index (κ1) is 10.4. The third kappa shape index (κ3) is 1.48. The molecule has 0 aliphatic heterocycles. The molecule has 0 unspecified atom stereocenters. The summed E-state index contributed by atoms with van der Waals surface area (Å²) in [6, 6.07) is 12.4. The first-order chi connectivity index (χ1) is 9.33. The minimum atomic E-state index is 1.01. The normalized spacial score (nSPS) is 11.4. The molecule has 4 rings (SSSR count). The first-order valence-electron chi connectivity index (χ1n) is 6.34. The molecule has 92 valence electrons. The number of rotatable bonds is 1. The van der Waals surface area contributed by atoms with E-state index in [0.29, 0.717) is 0 Å². The van der Waals surface area contributed by atoms with Crippen molar-refractivity contribution >= 4 is 16.6 Å². The molecule has 3 heterocycles. The van der Waals surface area contributed by atoms with Crippen LogP contribution in [0.25, 0.3) is 27.8 Å². The van der Waals surface area contributed by atoms with Gasteiger partial charge in [-0.2, -0.15) is 0 Å². The molecule has 0 aliphatic carbocycles. The lowest BCUT2D eigenvalue weighted by atomic mass is 10.1. The van der Waals surface area contributed by atoms with Gasteiger partial charge in [0.2, 0.25) is 0 Å². The van der Waals surface area contributed by atoms with Crippen LogP contribution in [0.1, 0.15) is 5.56 Å². The highest BCUT2D eigenvalue weighted by molar-refractivity contribution is 5.94. The van der Waals surface area contributed by atoms with E-state index in [1.54, 1.807) is 0 Å². The predicted octanol–water partition coefficient (Wildman–Crippen LogP) is 3.79. The van der Waals surface area contributed by atoms with Gasteiger partial charge < -0.3 is 9.38 Å². The molecule has 3 aromatic heterocycles. The Labute approximate surface area is 110 Å². The minimum absolute atomic E-state index is 1.01. The zero-order valence-corrected chi connectivity index (χ0v) is 10.6. The summed E-state index contributed by atoms with van der Waals surface area (Å²) in [5.74, 6) is 0. The minimum Gasteiger partial charge on any atom is -0.360 e. The Morgan fingerprint density at radius 3 is 2.89 bits per heavy atom. The number of aromatic nitrogens is 3. The second-order valence-corrected chi connectivity index (χ2v) is 4.80. The molecule has 0 amide bonds. The molecule has 0 aliphatic rings. The van der Waals surface area contributed by atoms with Crippen molar-refractivity contribution in [2.24, 2.45) is 0 Å². The zero-order valence-electron chi connectivity index (χ0n) is 10.6. The molecule has 3 nitrogen and oxygen atoms in total. The maximum Gasteiger partial charge on any atom is 0.140 e. The Bertz CT molecular complexity index is 883. The average Bonchev–Trinajstić information content (AvgIpc) is 3.02.